The van der Waals surface area contributed by atoms with Crippen LogP contribution in [0.3, 0.4) is 0 Å². The summed E-state index contributed by atoms with van der Waals surface area (Å²) in [7, 11) is -2.29. The second kappa shape index (κ2) is 8.07. The van der Waals surface area contributed by atoms with Crippen LogP contribution in [-0.2, 0) is 19.4 Å². The Morgan fingerprint density at radius 1 is 1.03 bits per heavy atom. The molecule has 0 saturated carbocycles. The van der Waals surface area contributed by atoms with Crippen LogP contribution in [-0.4, -0.2) is 56.4 Å². The standard InChI is InChI=1S/C20H18N2O7S/c1-3-30(27,28)16-7-5-4-6-14(16)20(26)29-11-17(23)21-12-8-9-13-15(10-12)19(25)22(2)18(13)24/h4-10H,3,11H2,1-2H3,(H,21,23). The molecule has 2 aromatic carbocycles. The molecule has 1 aliphatic heterocycles. The number of ether oxygens (including phenoxy) is 1. The number of hydrogen-bond acceptors (Lipinski definition) is 7. The van der Waals surface area contributed by atoms with Crippen LogP contribution in [0.1, 0.15) is 38.0 Å². The molecule has 2 aromatic rings. The van der Waals surface area contributed by atoms with Crippen molar-refractivity contribution in [3.63, 3.8) is 0 Å². The van der Waals surface area contributed by atoms with Crippen LogP contribution < -0.4 is 5.32 Å². The summed E-state index contributed by atoms with van der Waals surface area (Å²) >= 11 is 0. The van der Waals surface area contributed by atoms with Crippen molar-refractivity contribution in [2.45, 2.75) is 11.8 Å². The number of carbonyl (C=O) groups excluding carboxylic acids is 4. The highest BCUT2D eigenvalue weighted by atomic mass is 32.2. The van der Waals surface area contributed by atoms with Crippen molar-refractivity contribution < 1.29 is 32.3 Å². The van der Waals surface area contributed by atoms with E-state index in [-0.39, 0.29) is 33.0 Å². The van der Waals surface area contributed by atoms with E-state index in [1.807, 2.05) is 0 Å². The predicted octanol–water partition coefficient (Wildman–Crippen LogP) is 1.50. The van der Waals surface area contributed by atoms with Gasteiger partial charge in [0.05, 0.1) is 27.3 Å². The molecule has 0 radical (unpaired) electrons. The largest absolute Gasteiger partial charge is 0.452 e. The van der Waals surface area contributed by atoms with E-state index in [1.54, 1.807) is 0 Å². The lowest BCUT2D eigenvalue weighted by Gasteiger charge is -2.10. The van der Waals surface area contributed by atoms with Gasteiger partial charge in [-0.15, -0.1) is 0 Å². The number of nitrogens with zero attached hydrogens (tertiary/aromatic N) is 1. The van der Waals surface area contributed by atoms with Gasteiger partial charge in [-0.2, -0.15) is 0 Å². The number of nitrogens with one attached hydrogen (secondary N) is 1. The molecule has 0 spiro atoms. The molecular weight excluding hydrogens is 412 g/mol. The third-order valence-electron chi connectivity index (χ3n) is 4.53. The number of fused-ring (bicyclic) bond motifs is 1. The van der Waals surface area contributed by atoms with Crippen LogP contribution in [0.2, 0.25) is 0 Å². The number of hydrogen-bond donors (Lipinski definition) is 1. The van der Waals surface area contributed by atoms with Crippen molar-refractivity contribution in [3.8, 4) is 0 Å². The van der Waals surface area contributed by atoms with Gasteiger partial charge in [0.2, 0.25) is 0 Å². The van der Waals surface area contributed by atoms with Gasteiger partial charge in [0.1, 0.15) is 0 Å². The molecule has 9 nitrogen and oxygen atoms in total. The minimum Gasteiger partial charge on any atom is -0.452 e. The molecule has 0 aromatic heterocycles. The van der Waals surface area contributed by atoms with E-state index in [9.17, 15) is 27.6 Å². The molecule has 0 bridgehead atoms. The summed E-state index contributed by atoms with van der Waals surface area (Å²) in [6.07, 6.45) is 0. The molecule has 156 valence electrons. The van der Waals surface area contributed by atoms with Crippen molar-refractivity contribution in [1.29, 1.82) is 0 Å². The number of imide groups is 1. The van der Waals surface area contributed by atoms with Gasteiger partial charge >= 0.3 is 5.97 Å². The van der Waals surface area contributed by atoms with Crippen LogP contribution >= 0.6 is 0 Å². The normalized spacial score (nSPS) is 13.2. The van der Waals surface area contributed by atoms with E-state index in [0.29, 0.717) is 0 Å². The molecule has 30 heavy (non-hydrogen) atoms. The Labute approximate surface area is 172 Å². The fraction of sp³-hybridized carbons (Fsp3) is 0.200. The first kappa shape index (κ1) is 21.2. The zero-order chi connectivity index (χ0) is 22.1. The van der Waals surface area contributed by atoms with Gasteiger partial charge in [0.15, 0.2) is 16.4 Å². The average molecular weight is 430 g/mol. The monoisotopic (exact) mass is 430 g/mol. The second-order valence-corrected chi connectivity index (χ2v) is 8.70. The van der Waals surface area contributed by atoms with E-state index in [1.165, 1.54) is 56.4 Å². The maximum atomic E-state index is 12.3. The van der Waals surface area contributed by atoms with Crippen LogP contribution in [0.4, 0.5) is 5.69 Å². The molecule has 1 N–H and O–H groups in total. The highest BCUT2D eigenvalue weighted by Crippen LogP contribution is 2.24. The Morgan fingerprint density at radius 2 is 1.70 bits per heavy atom. The number of carbonyl (C=O) groups is 4. The predicted molar refractivity (Wildman–Crippen MR) is 106 cm³/mol. The average Bonchev–Trinajstić information content (AvgIpc) is 2.95. The number of rotatable bonds is 6. The molecule has 3 rings (SSSR count). The van der Waals surface area contributed by atoms with Crippen molar-refractivity contribution in [3.05, 3.63) is 59.2 Å². The lowest BCUT2D eigenvalue weighted by atomic mass is 10.1. The first-order chi connectivity index (χ1) is 14.2. The summed E-state index contributed by atoms with van der Waals surface area (Å²) in [5, 5.41) is 2.47. The van der Waals surface area contributed by atoms with Gasteiger partial charge in [-0.25, -0.2) is 13.2 Å². The summed E-state index contributed by atoms with van der Waals surface area (Å²) in [6, 6.07) is 9.83. The molecule has 0 aliphatic carbocycles. The maximum Gasteiger partial charge on any atom is 0.339 e. The van der Waals surface area contributed by atoms with Crippen LogP contribution in [0.5, 0.6) is 0 Å². The number of benzene rings is 2. The lowest BCUT2D eigenvalue weighted by Crippen LogP contribution is -2.24. The van der Waals surface area contributed by atoms with Crippen LogP contribution in [0.25, 0.3) is 0 Å². The summed E-state index contributed by atoms with van der Waals surface area (Å²) in [4.78, 5) is 49.2. The SMILES string of the molecule is CCS(=O)(=O)c1ccccc1C(=O)OCC(=O)Nc1ccc2c(c1)C(=O)N(C)C2=O. The molecule has 0 fully saturated rings. The third kappa shape index (κ3) is 3.94. The number of sulfone groups is 1. The van der Waals surface area contributed by atoms with Gasteiger partial charge in [0, 0.05) is 12.7 Å². The van der Waals surface area contributed by atoms with Gasteiger partial charge in [-0.1, -0.05) is 19.1 Å². The Kier molecular flexibility index (Phi) is 5.70. The van der Waals surface area contributed by atoms with Crippen molar-refractivity contribution in [1.82, 2.24) is 4.90 Å². The van der Waals surface area contributed by atoms with E-state index in [4.69, 9.17) is 4.74 Å². The molecule has 0 atom stereocenters. The molecule has 3 amide bonds. The Bertz CT molecular complexity index is 1170. The smallest absolute Gasteiger partial charge is 0.339 e. The minimum atomic E-state index is -3.65. The zero-order valence-electron chi connectivity index (χ0n) is 16.2. The van der Waals surface area contributed by atoms with E-state index in [2.05, 4.69) is 5.32 Å². The summed E-state index contributed by atoms with van der Waals surface area (Å²) in [6.45, 7) is 0.792. The number of esters is 1. The summed E-state index contributed by atoms with van der Waals surface area (Å²) < 4.78 is 29.2. The first-order valence-electron chi connectivity index (χ1n) is 8.91. The summed E-state index contributed by atoms with van der Waals surface area (Å²) in [5.74, 6) is -2.74. The van der Waals surface area contributed by atoms with E-state index in [0.717, 1.165) is 4.90 Å². The highest BCUT2D eigenvalue weighted by molar-refractivity contribution is 7.91. The molecule has 1 heterocycles. The van der Waals surface area contributed by atoms with Gasteiger partial charge < -0.3 is 10.1 Å². The molecule has 1 aliphatic rings. The zero-order valence-corrected chi connectivity index (χ0v) is 17.0. The van der Waals surface area contributed by atoms with Crippen LogP contribution in [0.15, 0.2) is 47.4 Å². The van der Waals surface area contributed by atoms with Crippen molar-refractivity contribution >= 4 is 39.2 Å². The number of anilines is 1. The fourth-order valence-electron chi connectivity index (χ4n) is 2.91. The second-order valence-electron chi connectivity index (χ2n) is 6.45. The van der Waals surface area contributed by atoms with Gasteiger partial charge in [-0.3, -0.25) is 19.3 Å². The number of amides is 3. The Morgan fingerprint density at radius 3 is 2.40 bits per heavy atom. The van der Waals surface area contributed by atoms with Crippen molar-refractivity contribution in [2.75, 3.05) is 24.7 Å². The van der Waals surface area contributed by atoms with E-state index >= 15 is 0 Å². The quantitative estimate of drug-likeness (QED) is 0.543. The minimum absolute atomic E-state index is 0.156. The van der Waals surface area contributed by atoms with Gasteiger partial charge in [0.25, 0.3) is 17.7 Å². The molecule has 0 unspecified atom stereocenters. The maximum absolute atomic E-state index is 12.3. The Balaban J connectivity index is 1.68. The topological polar surface area (TPSA) is 127 Å². The first-order valence-corrected chi connectivity index (χ1v) is 10.6. The third-order valence-corrected chi connectivity index (χ3v) is 6.32. The lowest BCUT2D eigenvalue weighted by molar-refractivity contribution is -0.119. The molecule has 0 saturated heterocycles. The highest BCUT2D eigenvalue weighted by Gasteiger charge is 2.32. The Hall–Kier alpha value is -3.53. The van der Waals surface area contributed by atoms with Gasteiger partial charge in [-0.05, 0) is 30.3 Å². The van der Waals surface area contributed by atoms with E-state index < -0.39 is 40.1 Å². The van der Waals surface area contributed by atoms with Crippen molar-refractivity contribution in [2.24, 2.45) is 0 Å². The summed E-state index contributed by atoms with van der Waals surface area (Å²) in [5.41, 5.74) is 0.494. The molecule has 10 heteroatoms. The fourth-order valence-corrected chi connectivity index (χ4v) is 3.99. The molecular formula is C20H18N2O7S. The van der Waals surface area contributed by atoms with Crippen LogP contribution in [0, 0.1) is 0 Å².